The summed E-state index contributed by atoms with van der Waals surface area (Å²) in [5, 5.41) is 10.8. The topological polar surface area (TPSA) is 87.6 Å². The standard InChI is InChI=1S/C10H14N2O4/c1-2-15-7-16-10-4-3-8(6-11)5-9(10)12(13)14/h3-5H,2,6-7,11H2,1H3. The lowest BCUT2D eigenvalue weighted by atomic mass is 10.2. The summed E-state index contributed by atoms with van der Waals surface area (Å²) >= 11 is 0. The molecule has 6 nitrogen and oxygen atoms in total. The van der Waals surface area contributed by atoms with E-state index in [1.165, 1.54) is 12.1 Å². The highest BCUT2D eigenvalue weighted by Crippen LogP contribution is 2.27. The molecule has 16 heavy (non-hydrogen) atoms. The molecule has 0 saturated carbocycles. The third kappa shape index (κ3) is 3.18. The van der Waals surface area contributed by atoms with E-state index in [1.54, 1.807) is 6.07 Å². The van der Waals surface area contributed by atoms with E-state index in [9.17, 15) is 10.1 Å². The highest BCUT2D eigenvalue weighted by Gasteiger charge is 2.15. The molecule has 0 heterocycles. The van der Waals surface area contributed by atoms with Gasteiger partial charge in [0, 0.05) is 19.2 Å². The molecule has 0 unspecified atom stereocenters. The van der Waals surface area contributed by atoms with E-state index in [1.807, 2.05) is 6.92 Å². The fourth-order valence-corrected chi connectivity index (χ4v) is 1.14. The average molecular weight is 226 g/mol. The summed E-state index contributed by atoms with van der Waals surface area (Å²) in [5.74, 6) is 0.190. The van der Waals surface area contributed by atoms with Gasteiger partial charge in [0.1, 0.15) is 0 Å². The summed E-state index contributed by atoms with van der Waals surface area (Å²) in [6.45, 7) is 2.57. The molecular weight excluding hydrogens is 212 g/mol. The molecule has 0 saturated heterocycles. The number of nitro benzene ring substituents is 1. The normalized spacial score (nSPS) is 10.1. The molecule has 6 heteroatoms. The maximum Gasteiger partial charge on any atom is 0.311 e. The molecule has 0 atom stereocenters. The zero-order valence-electron chi connectivity index (χ0n) is 9.01. The van der Waals surface area contributed by atoms with Gasteiger partial charge in [0.15, 0.2) is 12.5 Å². The minimum atomic E-state index is -0.500. The van der Waals surface area contributed by atoms with Gasteiger partial charge in [-0.25, -0.2) is 0 Å². The quantitative estimate of drug-likeness (QED) is 0.343. The molecule has 1 aromatic rings. The van der Waals surface area contributed by atoms with Crippen LogP contribution in [-0.2, 0) is 11.3 Å². The van der Waals surface area contributed by atoms with Crippen LogP contribution in [0.1, 0.15) is 12.5 Å². The van der Waals surface area contributed by atoms with E-state index in [4.69, 9.17) is 15.2 Å². The molecule has 0 bridgehead atoms. The lowest BCUT2D eigenvalue weighted by Gasteiger charge is -2.07. The van der Waals surface area contributed by atoms with Crippen molar-refractivity contribution in [2.75, 3.05) is 13.4 Å². The number of ether oxygens (including phenoxy) is 2. The lowest BCUT2D eigenvalue weighted by molar-refractivity contribution is -0.386. The van der Waals surface area contributed by atoms with Crippen molar-refractivity contribution in [2.45, 2.75) is 13.5 Å². The molecule has 0 aliphatic rings. The molecule has 1 rings (SSSR count). The van der Waals surface area contributed by atoms with E-state index in [0.29, 0.717) is 12.2 Å². The fraction of sp³-hybridized carbons (Fsp3) is 0.400. The molecular formula is C10H14N2O4. The highest BCUT2D eigenvalue weighted by atomic mass is 16.7. The number of benzene rings is 1. The van der Waals surface area contributed by atoms with Gasteiger partial charge in [-0.1, -0.05) is 6.07 Å². The van der Waals surface area contributed by atoms with Crippen LogP contribution >= 0.6 is 0 Å². The Hall–Kier alpha value is -1.66. The first kappa shape index (κ1) is 12.4. The van der Waals surface area contributed by atoms with Crippen LogP contribution in [0, 0.1) is 10.1 Å². The molecule has 88 valence electrons. The van der Waals surface area contributed by atoms with Gasteiger partial charge in [0.2, 0.25) is 0 Å². The second kappa shape index (κ2) is 6.04. The first-order chi connectivity index (χ1) is 7.69. The van der Waals surface area contributed by atoms with E-state index >= 15 is 0 Å². The maximum absolute atomic E-state index is 10.8. The van der Waals surface area contributed by atoms with Gasteiger partial charge in [-0.15, -0.1) is 0 Å². The number of hydrogen-bond donors (Lipinski definition) is 1. The van der Waals surface area contributed by atoms with Crippen LogP contribution in [0.5, 0.6) is 5.75 Å². The van der Waals surface area contributed by atoms with Crippen molar-refractivity contribution in [3.63, 3.8) is 0 Å². The van der Waals surface area contributed by atoms with Crippen LogP contribution in [0.15, 0.2) is 18.2 Å². The van der Waals surface area contributed by atoms with Crippen LogP contribution in [0.25, 0.3) is 0 Å². The van der Waals surface area contributed by atoms with Crippen LogP contribution in [0.4, 0.5) is 5.69 Å². The molecule has 0 amide bonds. The molecule has 0 aliphatic carbocycles. The van der Waals surface area contributed by atoms with Gasteiger partial charge in [0.25, 0.3) is 0 Å². The maximum atomic E-state index is 10.8. The second-order valence-corrected chi connectivity index (χ2v) is 3.02. The van der Waals surface area contributed by atoms with Gasteiger partial charge >= 0.3 is 5.69 Å². The van der Waals surface area contributed by atoms with Crippen molar-refractivity contribution in [3.8, 4) is 5.75 Å². The van der Waals surface area contributed by atoms with Gasteiger partial charge in [-0.2, -0.15) is 0 Å². The third-order valence-electron chi connectivity index (χ3n) is 1.96. The largest absolute Gasteiger partial charge is 0.460 e. The predicted octanol–water partition coefficient (Wildman–Crippen LogP) is 1.43. The van der Waals surface area contributed by atoms with E-state index in [0.717, 1.165) is 0 Å². The van der Waals surface area contributed by atoms with Crippen LogP contribution in [-0.4, -0.2) is 18.3 Å². The van der Waals surface area contributed by atoms with E-state index in [2.05, 4.69) is 0 Å². The summed E-state index contributed by atoms with van der Waals surface area (Å²) in [6, 6.07) is 4.62. The Bertz CT molecular complexity index is 368. The number of nitrogens with zero attached hydrogens (tertiary/aromatic N) is 1. The fourth-order valence-electron chi connectivity index (χ4n) is 1.14. The summed E-state index contributed by atoms with van der Waals surface area (Å²) in [5.41, 5.74) is 6.00. The Morgan fingerprint density at radius 1 is 1.50 bits per heavy atom. The molecule has 2 N–H and O–H groups in total. The molecule has 0 spiro atoms. The SMILES string of the molecule is CCOCOc1ccc(CN)cc1[N+](=O)[O-]. The zero-order valence-corrected chi connectivity index (χ0v) is 9.01. The Balaban J connectivity index is 2.85. The minimum Gasteiger partial charge on any atom is -0.460 e. The van der Waals surface area contributed by atoms with Crippen LogP contribution in [0.3, 0.4) is 0 Å². The second-order valence-electron chi connectivity index (χ2n) is 3.02. The van der Waals surface area contributed by atoms with Crippen molar-refractivity contribution in [1.82, 2.24) is 0 Å². The van der Waals surface area contributed by atoms with Gasteiger partial charge in [0.05, 0.1) is 4.92 Å². The van der Waals surface area contributed by atoms with Crippen molar-refractivity contribution in [1.29, 1.82) is 0 Å². The zero-order chi connectivity index (χ0) is 12.0. The third-order valence-corrected chi connectivity index (χ3v) is 1.96. The molecule has 0 aliphatic heterocycles. The van der Waals surface area contributed by atoms with Crippen LogP contribution in [0.2, 0.25) is 0 Å². The Morgan fingerprint density at radius 3 is 2.81 bits per heavy atom. The van der Waals surface area contributed by atoms with Gasteiger partial charge in [-0.05, 0) is 18.6 Å². The van der Waals surface area contributed by atoms with Crippen LogP contribution < -0.4 is 10.5 Å². The van der Waals surface area contributed by atoms with Crippen molar-refractivity contribution in [3.05, 3.63) is 33.9 Å². The molecule has 0 fully saturated rings. The molecule has 1 aromatic carbocycles. The summed E-state index contributed by atoms with van der Waals surface area (Å²) in [6.07, 6.45) is 0. The first-order valence-electron chi connectivity index (χ1n) is 4.87. The Morgan fingerprint density at radius 2 is 2.25 bits per heavy atom. The number of hydrogen-bond acceptors (Lipinski definition) is 5. The highest BCUT2D eigenvalue weighted by molar-refractivity contribution is 5.48. The van der Waals surface area contributed by atoms with Crippen molar-refractivity contribution in [2.24, 2.45) is 5.73 Å². The number of nitrogens with two attached hydrogens (primary N) is 1. The Kier molecular flexibility index (Phi) is 4.68. The average Bonchev–Trinajstić information content (AvgIpc) is 2.29. The Labute approximate surface area is 93.1 Å². The number of rotatable bonds is 6. The minimum absolute atomic E-state index is 0.000683. The lowest BCUT2D eigenvalue weighted by Crippen LogP contribution is -2.05. The van der Waals surface area contributed by atoms with Gasteiger partial charge in [-0.3, -0.25) is 10.1 Å². The summed E-state index contributed by atoms with van der Waals surface area (Å²) < 4.78 is 10.1. The predicted molar refractivity (Wildman–Crippen MR) is 58.1 cm³/mol. The van der Waals surface area contributed by atoms with Gasteiger partial charge < -0.3 is 15.2 Å². The van der Waals surface area contributed by atoms with E-state index in [-0.39, 0.29) is 24.8 Å². The summed E-state index contributed by atoms with van der Waals surface area (Å²) in [7, 11) is 0. The first-order valence-corrected chi connectivity index (χ1v) is 4.87. The molecule has 0 aromatic heterocycles. The number of nitro groups is 1. The van der Waals surface area contributed by atoms with Crippen molar-refractivity contribution < 1.29 is 14.4 Å². The summed E-state index contributed by atoms with van der Waals surface area (Å²) in [4.78, 5) is 10.3. The smallest absolute Gasteiger partial charge is 0.311 e. The van der Waals surface area contributed by atoms with E-state index < -0.39 is 4.92 Å². The molecule has 0 radical (unpaired) electrons. The monoisotopic (exact) mass is 226 g/mol. The van der Waals surface area contributed by atoms with Crippen molar-refractivity contribution >= 4 is 5.69 Å².